The zero-order valence-electron chi connectivity index (χ0n) is 15.3. The Labute approximate surface area is 161 Å². The minimum absolute atomic E-state index is 0.102. The van der Waals surface area contributed by atoms with Crippen molar-refractivity contribution in [2.45, 2.75) is 17.9 Å². The molecule has 0 saturated heterocycles. The van der Waals surface area contributed by atoms with Crippen molar-refractivity contribution < 1.29 is 17.9 Å². The molecule has 1 heterocycles. The van der Waals surface area contributed by atoms with Crippen LogP contribution in [0.15, 0.2) is 46.1 Å². The third kappa shape index (κ3) is 3.71. The summed E-state index contributed by atoms with van der Waals surface area (Å²) in [6, 6.07) is 9.30. The first-order valence-corrected chi connectivity index (χ1v) is 10.4. The number of hydrogen-bond donors (Lipinski definition) is 1. The highest BCUT2D eigenvalue weighted by Crippen LogP contribution is 2.30. The Kier molecular flexibility index (Phi) is 5.27. The summed E-state index contributed by atoms with van der Waals surface area (Å²) in [6.07, 6.45) is 0. The number of aromatic nitrogens is 1. The lowest BCUT2D eigenvalue weighted by atomic mass is 10.1. The first kappa shape index (κ1) is 19.4. The van der Waals surface area contributed by atoms with Gasteiger partial charge in [-0.05, 0) is 43.3 Å². The van der Waals surface area contributed by atoms with E-state index < -0.39 is 16.1 Å². The van der Waals surface area contributed by atoms with Crippen LogP contribution in [0.1, 0.15) is 18.5 Å². The van der Waals surface area contributed by atoms with Gasteiger partial charge in [0.25, 0.3) is 0 Å². The van der Waals surface area contributed by atoms with Gasteiger partial charge in [-0.15, -0.1) is 0 Å². The van der Waals surface area contributed by atoms with Gasteiger partial charge in [-0.25, -0.2) is 13.1 Å². The molecule has 3 aromatic rings. The van der Waals surface area contributed by atoms with Gasteiger partial charge in [0.1, 0.15) is 11.5 Å². The number of rotatable bonds is 6. The molecular weight excluding hydrogens is 388 g/mol. The molecule has 144 valence electrons. The van der Waals surface area contributed by atoms with Crippen LogP contribution >= 0.6 is 11.3 Å². The summed E-state index contributed by atoms with van der Waals surface area (Å²) in [5.41, 5.74) is 1.36. The van der Waals surface area contributed by atoms with Crippen molar-refractivity contribution >= 4 is 31.6 Å². The lowest BCUT2D eigenvalue weighted by Gasteiger charge is -2.18. The second-order valence-corrected chi connectivity index (χ2v) is 8.71. The topological polar surface area (TPSA) is 86.6 Å². The summed E-state index contributed by atoms with van der Waals surface area (Å²) in [6.45, 7) is 1.73. The summed E-state index contributed by atoms with van der Waals surface area (Å²) in [5.74, 6) is 1.16. The minimum Gasteiger partial charge on any atom is -0.497 e. The van der Waals surface area contributed by atoms with Crippen LogP contribution in [0.2, 0.25) is 0 Å². The van der Waals surface area contributed by atoms with E-state index in [-0.39, 0.29) is 9.77 Å². The summed E-state index contributed by atoms with van der Waals surface area (Å²) in [7, 11) is 0.927. The number of ether oxygens (including phenoxy) is 2. The predicted molar refractivity (Wildman–Crippen MR) is 105 cm³/mol. The van der Waals surface area contributed by atoms with Gasteiger partial charge in [0.15, 0.2) is 0 Å². The zero-order valence-corrected chi connectivity index (χ0v) is 17.0. The molecule has 1 N–H and O–H groups in total. The number of benzene rings is 2. The van der Waals surface area contributed by atoms with Gasteiger partial charge in [-0.1, -0.05) is 11.3 Å². The van der Waals surface area contributed by atoms with Crippen molar-refractivity contribution in [3.05, 3.63) is 51.6 Å². The van der Waals surface area contributed by atoms with Gasteiger partial charge in [0, 0.05) is 18.7 Å². The van der Waals surface area contributed by atoms with E-state index in [2.05, 4.69) is 4.72 Å². The van der Waals surface area contributed by atoms with E-state index in [9.17, 15) is 13.2 Å². The lowest BCUT2D eigenvalue weighted by Crippen LogP contribution is -2.27. The maximum atomic E-state index is 12.8. The largest absolute Gasteiger partial charge is 0.497 e. The Bertz CT molecular complexity index is 1150. The molecule has 0 radical (unpaired) electrons. The van der Waals surface area contributed by atoms with Gasteiger partial charge in [-0.2, -0.15) is 0 Å². The van der Waals surface area contributed by atoms with Gasteiger partial charge in [0.05, 0.1) is 29.3 Å². The van der Waals surface area contributed by atoms with E-state index >= 15 is 0 Å². The van der Waals surface area contributed by atoms with Crippen LogP contribution in [0, 0.1) is 0 Å². The molecule has 7 nitrogen and oxygen atoms in total. The fourth-order valence-corrected chi connectivity index (χ4v) is 5.07. The highest BCUT2D eigenvalue weighted by atomic mass is 32.2. The molecule has 0 spiro atoms. The third-order valence-electron chi connectivity index (χ3n) is 4.31. The van der Waals surface area contributed by atoms with Crippen LogP contribution in [-0.4, -0.2) is 27.2 Å². The predicted octanol–water partition coefficient (Wildman–Crippen LogP) is 2.66. The maximum absolute atomic E-state index is 12.8. The molecule has 0 aliphatic heterocycles. The molecule has 1 atom stereocenters. The van der Waals surface area contributed by atoms with Gasteiger partial charge < -0.3 is 14.0 Å². The van der Waals surface area contributed by atoms with Crippen LogP contribution in [0.25, 0.3) is 10.2 Å². The number of hydrogen-bond acceptors (Lipinski definition) is 6. The number of thiazole rings is 1. The van der Waals surface area contributed by atoms with Crippen LogP contribution in [0.4, 0.5) is 0 Å². The number of aryl methyl sites for hydroxylation is 1. The van der Waals surface area contributed by atoms with Crippen molar-refractivity contribution in [1.29, 1.82) is 0 Å². The smallest absolute Gasteiger partial charge is 0.307 e. The lowest BCUT2D eigenvalue weighted by molar-refractivity contribution is 0.395. The van der Waals surface area contributed by atoms with E-state index in [1.54, 1.807) is 45.3 Å². The van der Waals surface area contributed by atoms with Crippen molar-refractivity contribution in [2.24, 2.45) is 7.05 Å². The molecule has 0 fully saturated rings. The fourth-order valence-electron chi connectivity index (χ4n) is 2.82. The van der Waals surface area contributed by atoms with E-state index in [0.717, 1.165) is 11.3 Å². The standard InChI is InChI=1S/C18H20N2O5S2/c1-11(14-9-12(24-3)5-8-16(14)25-4)19-27(22,23)13-6-7-15-17(10-13)26-18(21)20(15)2/h5-11,19H,1-4H3/t11-/m1/s1. The molecule has 1 aromatic heterocycles. The molecule has 0 aliphatic carbocycles. The van der Waals surface area contributed by atoms with E-state index in [1.807, 2.05) is 0 Å². The normalized spacial score (nSPS) is 12.9. The summed E-state index contributed by atoms with van der Waals surface area (Å²) in [5, 5.41) is 0. The summed E-state index contributed by atoms with van der Waals surface area (Å²) < 4.78 is 41.0. The van der Waals surface area contributed by atoms with Crippen LogP contribution in [0.5, 0.6) is 11.5 Å². The summed E-state index contributed by atoms with van der Waals surface area (Å²) >= 11 is 1.01. The molecule has 0 bridgehead atoms. The number of nitrogens with zero attached hydrogens (tertiary/aromatic N) is 1. The van der Waals surface area contributed by atoms with Gasteiger partial charge in [-0.3, -0.25) is 4.79 Å². The maximum Gasteiger partial charge on any atom is 0.307 e. The van der Waals surface area contributed by atoms with Gasteiger partial charge >= 0.3 is 4.87 Å². The monoisotopic (exact) mass is 408 g/mol. The molecule has 3 rings (SSSR count). The van der Waals surface area contributed by atoms with Crippen LogP contribution in [-0.2, 0) is 17.1 Å². The number of fused-ring (bicyclic) bond motifs is 1. The Balaban J connectivity index is 1.95. The molecule has 0 unspecified atom stereocenters. The first-order valence-electron chi connectivity index (χ1n) is 8.10. The second kappa shape index (κ2) is 7.34. The zero-order chi connectivity index (χ0) is 19.8. The quantitative estimate of drug-likeness (QED) is 0.678. The van der Waals surface area contributed by atoms with Gasteiger partial charge in [0.2, 0.25) is 10.0 Å². The Morgan fingerprint density at radius 2 is 1.85 bits per heavy atom. The Morgan fingerprint density at radius 3 is 2.52 bits per heavy atom. The van der Waals surface area contributed by atoms with Crippen LogP contribution < -0.4 is 19.1 Å². The summed E-state index contributed by atoms with van der Waals surface area (Å²) in [4.78, 5) is 11.7. The molecule has 2 aromatic carbocycles. The Hall–Kier alpha value is -2.36. The Morgan fingerprint density at radius 1 is 1.11 bits per heavy atom. The third-order valence-corrected chi connectivity index (χ3v) is 6.84. The van der Waals surface area contributed by atoms with Crippen molar-refractivity contribution in [2.75, 3.05) is 14.2 Å². The highest BCUT2D eigenvalue weighted by molar-refractivity contribution is 7.89. The average molecular weight is 409 g/mol. The molecule has 9 heteroatoms. The molecule has 0 aliphatic rings. The van der Waals surface area contributed by atoms with Crippen molar-refractivity contribution in [3.63, 3.8) is 0 Å². The van der Waals surface area contributed by atoms with Crippen molar-refractivity contribution in [3.8, 4) is 11.5 Å². The number of nitrogens with one attached hydrogen (secondary N) is 1. The highest BCUT2D eigenvalue weighted by Gasteiger charge is 2.22. The average Bonchev–Trinajstić information content (AvgIpc) is 2.94. The fraction of sp³-hybridized carbons (Fsp3) is 0.278. The number of sulfonamides is 1. The molecular formula is C18H20N2O5S2. The van der Waals surface area contributed by atoms with E-state index in [1.165, 1.54) is 23.8 Å². The molecule has 0 saturated carbocycles. The van der Waals surface area contributed by atoms with E-state index in [4.69, 9.17) is 9.47 Å². The SMILES string of the molecule is COc1ccc(OC)c([C@@H](C)NS(=O)(=O)c2ccc3c(c2)sc(=O)n3C)c1. The van der Waals surface area contributed by atoms with E-state index in [0.29, 0.717) is 27.3 Å². The second-order valence-electron chi connectivity index (χ2n) is 6.01. The first-order chi connectivity index (χ1) is 12.8. The number of methoxy groups -OCH3 is 2. The minimum atomic E-state index is -3.80. The molecule has 0 amide bonds. The molecule has 27 heavy (non-hydrogen) atoms. The van der Waals surface area contributed by atoms with Crippen molar-refractivity contribution in [1.82, 2.24) is 9.29 Å². The van der Waals surface area contributed by atoms with Crippen LogP contribution in [0.3, 0.4) is 0 Å².